The first-order chi connectivity index (χ1) is 14.4. The zero-order chi connectivity index (χ0) is 21.7. The summed E-state index contributed by atoms with van der Waals surface area (Å²) >= 11 is 8.62. The van der Waals surface area contributed by atoms with Gasteiger partial charge in [0, 0.05) is 41.9 Å². The number of anilines is 1. The highest BCUT2D eigenvalue weighted by Crippen LogP contribution is 2.23. The number of hydrogen-bond donors (Lipinski definition) is 2. The van der Waals surface area contributed by atoms with E-state index in [4.69, 9.17) is 17.0 Å². The van der Waals surface area contributed by atoms with Crippen LogP contribution in [0.4, 0.5) is 5.69 Å². The third-order valence-corrected chi connectivity index (χ3v) is 5.49. The lowest BCUT2D eigenvalue weighted by atomic mass is 10.1. The number of thiocarbonyl (C=S) groups is 1. The van der Waals surface area contributed by atoms with E-state index in [1.807, 2.05) is 11.9 Å². The van der Waals surface area contributed by atoms with Crippen LogP contribution in [0.15, 0.2) is 46.9 Å². The van der Waals surface area contributed by atoms with Crippen molar-refractivity contribution in [2.75, 3.05) is 45.7 Å². The Bertz CT molecular complexity index is 961. The molecule has 7 nitrogen and oxygen atoms in total. The fraction of sp³-hybridized carbons (Fsp3) is 0.286. The molecule has 2 aromatic rings. The van der Waals surface area contributed by atoms with E-state index >= 15 is 0 Å². The molecule has 0 aromatic heterocycles. The maximum absolute atomic E-state index is 12.8. The molecule has 2 amide bonds. The molecular weight excluding hydrogens is 468 g/mol. The van der Waals surface area contributed by atoms with Gasteiger partial charge in [-0.15, -0.1) is 0 Å². The molecule has 0 bridgehead atoms. The predicted molar refractivity (Wildman–Crippen MR) is 124 cm³/mol. The quantitative estimate of drug-likeness (QED) is 0.641. The number of halogens is 1. The molecule has 3 rings (SSSR count). The van der Waals surface area contributed by atoms with Crippen molar-refractivity contribution < 1.29 is 14.3 Å². The summed E-state index contributed by atoms with van der Waals surface area (Å²) in [6, 6.07) is 12.2. The molecule has 1 fully saturated rings. The lowest BCUT2D eigenvalue weighted by Crippen LogP contribution is -2.47. The van der Waals surface area contributed by atoms with Gasteiger partial charge in [0.2, 0.25) is 0 Å². The van der Waals surface area contributed by atoms with E-state index < -0.39 is 5.91 Å². The number of benzene rings is 2. The second-order valence-electron chi connectivity index (χ2n) is 6.93. The Balaban J connectivity index is 1.64. The van der Waals surface area contributed by atoms with Crippen molar-refractivity contribution in [2.45, 2.75) is 0 Å². The zero-order valence-corrected chi connectivity index (χ0v) is 19.2. The molecule has 0 atom stereocenters. The smallest absolute Gasteiger partial charge is 0.261 e. The molecule has 0 unspecified atom stereocenters. The first kappa shape index (κ1) is 22.2. The molecule has 2 N–H and O–H groups in total. The van der Waals surface area contributed by atoms with Gasteiger partial charge in [0.25, 0.3) is 11.8 Å². The number of piperazine rings is 1. The lowest BCUT2D eigenvalue weighted by Gasteiger charge is -2.32. The van der Waals surface area contributed by atoms with Crippen molar-refractivity contribution in [3.8, 4) is 5.75 Å². The number of nitrogens with zero attached hydrogens (tertiary/aromatic N) is 2. The summed E-state index contributed by atoms with van der Waals surface area (Å²) in [6.07, 6.45) is 0. The molecule has 30 heavy (non-hydrogen) atoms. The topological polar surface area (TPSA) is 73.9 Å². The number of carbonyl (C=O) groups excluding carboxylic acids is 2. The molecule has 0 spiro atoms. The van der Waals surface area contributed by atoms with Gasteiger partial charge in [-0.3, -0.25) is 14.9 Å². The van der Waals surface area contributed by atoms with Crippen molar-refractivity contribution in [1.82, 2.24) is 15.1 Å². The lowest BCUT2D eigenvalue weighted by molar-refractivity contribution is 0.0664. The molecule has 1 aliphatic rings. The second kappa shape index (κ2) is 10.0. The minimum Gasteiger partial charge on any atom is -0.496 e. The minimum atomic E-state index is -0.393. The Hall–Kier alpha value is -2.49. The van der Waals surface area contributed by atoms with Crippen molar-refractivity contribution in [3.05, 3.63) is 58.1 Å². The van der Waals surface area contributed by atoms with E-state index in [1.54, 1.807) is 42.5 Å². The summed E-state index contributed by atoms with van der Waals surface area (Å²) in [5.74, 6) is 0.0363. The van der Waals surface area contributed by atoms with Gasteiger partial charge in [-0.25, -0.2) is 0 Å². The third-order valence-electron chi connectivity index (χ3n) is 4.79. The largest absolute Gasteiger partial charge is 0.496 e. The summed E-state index contributed by atoms with van der Waals surface area (Å²) < 4.78 is 5.99. The molecule has 9 heteroatoms. The van der Waals surface area contributed by atoms with Crippen LogP contribution < -0.4 is 15.4 Å². The van der Waals surface area contributed by atoms with E-state index in [2.05, 4.69) is 31.5 Å². The number of rotatable bonds is 4. The van der Waals surface area contributed by atoms with Gasteiger partial charge in [0.1, 0.15) is 5.75 Å². The van der Waals surface area contributed by atoms with E-state index in [0.717, 1.165) is 17.6 Å². The molecule has 158 valence electrons. The van der Waals surface area contributed by atoms with Crippen LogP contribution in [0.3, 0.4) is 0 Å². The van der Waals surface area contributed by atoms with Crippen LogP contribution >= 0.6 is 28.1 Å². The maximum Gasteiger partial charge on any atom is 0.261 e. The Labute approximate surface area is 189 Å². The molecule has 1 saturated heterocycles. The van der Waals surface area contributed by atoms with Crippen molar-refractivity contribution in [3.63, 3.8) is 0 Å². The summed E-state index contributed by atoms with van der Waals surface area (Å²) in [6.45, 7) is 3.13. The van der Waals surface area contributed by atoms with Gasteiger partial charge in [-0.1, -0.05) is 22.0 Å². The Morgan fingerprint density at radius 1 is 1.10 bits per heavy atom. The van der Waals surface area contributed by atoms with E-state index in [-0.39, 0.29) is 11.0 Å². The van der Waals surface area contributed by atoms with Gasteiger partial charge in [-0.05, 0) is 55.7 Å². The van der Waals surface area contributed by atoms with Crippen molar-refractivity contribution in [2.24, 2.45) is 0 Å². The number of likely N-dealkylation sites (N-methyl/N-ethyl adjacent to an activating group) is 1. The first-order valence-electron chi connectivity index (χ1n) is 9.41. The summed E-state index contributed by atoms with van der Waals surface area (Å²) in [7, 11) is 3.55. The normalized spacial score (nSPS) is 14.2. The molecule has 0 aliphatic carbocycles. The van der Waals surface area contributed by atoms with Gasteiger partial charge in [0.05, 0.1) is 12.7 Å². The zero-order valence-electron chi connectivity index (χ0n) is 16.8. The molecular formula is C21H23BrN4O3S. The number of nitrogens with one attached hydrogen (secondary N) is 2. The van der Waals surface area contributed by atoms with Gasteiger partial charge in [0.15, 0.2) is 5.11 Å². The molecule has 1 aliphatic heterocycles. The number of hydrogen-bond acceptors (Lipinski definition) is 5. The van der Waals surface area contributed by atoms with Crippen LogP contribution in [-0.4, -0.2) is 67.1 Å². The standard InChI is InChI=1S/C21H23BrN4O3S/c1-25-8-10-26(11-9-25)20(28)14-4-3-5-16(12-14)23-21(30)24-19(27)17-13-15(22)6-7-18(17)29-2/h3-7,12-13H,8-11H2,1-2H3,(H2,23,24,27,30). The highest BCUT2D eigenvalue weighted by atomic mass is 79.9. The van der Waals surface area contributed by atoms with Gasteiger partial charge < -0.3 is 19.9 Å². The molecule has 0 radical (unpaired) electrons. The highest BCUT2D eigenvalue weighted by Gasteiger charge is 2.20. The first-order valence-corrected chi connectivity index (χ1v) is 10.6. The monoisotopic (exact) mass is 490 g/mol. The van der Waals surface area contributed by atoms with E-state index in [0.29, 0.717) is 35.7 Å². The predicted octanol–water partition coefficient (Wildman–Crippen LogP) is 2.97. The van der Waals surface area contributed by atoms with Crippen LogP contribution in [0, 0.1) is 0 Å². The fourth-order valence-electron chi connectivity index (χ4n) is 3.11. The Morgan fingerprint density at radius 3 is 2.53 bits per heavy atom. The SMILES string of the molecule is COc1ccc(Br)cc1C(=O)NC(=S)Nc1cccc(C(=O)N2CCN(C)CC2)c1. The maximum atomic E-state index is 12.8. The number of amides is 2. The van der Waals surface area contributed by atoms with Crippen LogP contribution in [0.2, 0.25) is 0 Å². The van der Waals surface area contributed by atoms with Crippen LogP contribution in [0.5, 0.6) is 5.75 Å². The summed E-state index contributed by atoms with van der Waals surface area (Å²) in [5, 5.41) is 5.74. The number of carbonyl (C=O) groups is 2. The van der Waals surface area contributed by atoms with Crippen LogP contribution in [-0.2, 0) is 0 Å². The minimum absolute atomic E-state index is 0.0134. The molecule has 2 aromatic carbocycles. The summed E-state index contributed by atoms with van der Waals surface area (Å²) in [4.78, 5) is 29.4. The fourth-order valence-corrected chi connectivity index (χ4v) is 3.68. The summed E-state index contributed by atoms with van der Waals surface area (Å²) in [5.41, 5.74) is 1.56. The second-order valence-corrected chi connectivity index (χ2v) is 8.25. The molecule has 0 saturated carbocycles. The van der Waals surface area contributed by atoms with Gasteiger partial charge in [-0.2, -0.15) is 0 Å². The Morgan fingerprint density at radius 2 is 1.83 bits per heavy atom. The average molecular weight is 491 g/mol. The van der Waals surface area contributed by atoms with Crippen molar-refractivity contribution >= 4 is 50.8 Å². The van der Waals surface area contributed by atoms with Gasteiger partial charge >= 0.3 is 0 Å². The molecule has 1 heterocycles. The van der Waals surface area contributed by atoms with Crippen molar-refractivity contribution in [1.29, 1.82) is 0 Å². The van der Waals surface area contributed by atoms with Crippen LogP contribution in [0.25, 0.3) is 0 Å². The Kier molecular flexibility index (Phi) is 7.41. The van der Waals surface area contributed by atoms with E-state index in [9.17, 15) is 9.59 Å². The highest BCUT2D eigenvalue weighted by molar-refractivity contribution is 9.10. The van der Waals surface area contributed by atoms with Crippen LogP contribution in [0.1, 0.15) is 20.7 Å². The van der Waals surface area contributed by atoms with E-state index in [1.165, 1.54) is 7.11 Å². The third kappa shape index (κ3) is 5.56. The number of ether oxygens (including phenoxy) is 1. The average Bonchev–Trinajstić information content (AvgIpc) is 2.73. The number of methoxy groups -OCH3 is 1.